The summed E-state index contributed by atoms with van der Waals surface area (Å²) in [6.07, 6.45) is 2.16. The minimum absolute atomic E-state index is 0.0220. The van der Waals surface area contributed by atoms with Gasteiger partial charge in [-0.2, -0.15) is 8.78 Å². The number of alkyl halides is 2. The summed E-state index contributed by atoms with van der Waals surface area (Å²) in [5, 5.41) is 8.49. The van der Waals surface area contributed by atoms with Crippen molar-refractivity contribution in [2.45, 2.75) is 101 Å². The molecule has 0 bridgehead atoms. The van der Waals surface area contributed by atoms with Gasteiger partial charge in [0.15, 0.2) is 6.10 Å². The number of ether oxygens (including phenoxy) is 3. The Morgan fingerprint density at radius 1 is 0.947 bits per heavy atom. The maximum Gasteiger partial charge on any atom is 0.412 e. The number of rotatable bonds is 22. The number of hydrogen-bond acceptors (Lipinski definition) is 10. The van der Waals surface area contributed by atoms with Crippen molar-refractivity contribution in [3.8, 4) is 5.75 Å². The van der Waals surface area contributed by atoms with Crippen LogP contribution in [0.25, 0.3) is 0 Å². The molecule has 1 aliphatic rings. The van der Waals surface area contributed by atoms with Gasteiger partial charge in [0.25, 0.3) is 5.08 Å². The maximum atomic E-state index is 15.9. The third-order valence-electron chi connectivity index (χ3n) is 9.10. The summed E-state index contributed by atoms with van der Waals surface area (Å²) >= 11 is 0. The SMILES string of the molecule is CCOC(=O)CCCCCCN1C(=O)CCC[C@@H]1/C=C/[C@@H](OC(=O)Cc1ccc(OC(=O)NCCCC(O)(P(=O)(O)O)P(=O)(O)O)cc1)C(F)(F)c1ccccc1. The van der Waals surface area contributed by atoms with Crippen LogP contribution in [0, 0.1) is 0 Å². The van der Waals surface area contributed by atoms with Crippen LogP contribution in [0.5, 0.6) is 5.75 Å². The first-order valence-corrected chi connectivity index (χ1v) is 21.7. The molecule has 0 radical (unpaired) electrons. The Morgan fingerprint density at radius 2 is 1.60 bits per heavy atom. The summed E-state index contributed by atoms with van der Waals surface area (Å²) in [6, 6.07) is 11.7. The van der Waals surface area contributed by atoms with Gasteiger partial charge in [-0.15, -0.1) is 0 Å². The Labute approximate surface area is 328 Å². The summed E-state index contributed by atoms with van der Waals surface area (Å²) < 4.78 is 70.2. The lowest BCUT2D eigenvalue weighted by molar-refractivity contribution is -0.167. The summed E-state index contributed by atoms with van der Waals surface area (Å²) in [4.78, 5) is 88.2. The van der Waals surface area contributed by atoms with E-state index in [1.807, 2.05) is 0 Å². The lowest BCUT2D eigenvalue weighted by Gasteiger charge is -2.34. The van der Waals surface area contributed by atoms with Gasteiger partial charge in [-0.1, -0.05) is 61.4 Å². The molecule has 2 amide bonds. The zero-order valence-electron chi connectivity index (χ0n) is 31.4. The first-order valence-electron chi connectivity index (χ1n) is 18.4. The van der Waals surface area contributed by atoms with Crippen LogP contribution >= 0.6 is 15.2 Å². The number of nitrogens with zero attached hydrogens (tertiary/aromatic N) is 1. The number of esters is 2. The van der Waals surface area contributed by atoms with E-state index in [4.69, 9.17) is 14.2 Å². The van der Waals surface area contributed by atoms with Crippen molar-refractivity contribution in [3.05, 3.63) is 77.9 Å². The van der Waals surface area contributed by atoms with Gasteiger partial charge >= 0.3 is 39.1 Å². The third kappa shape index (κ3) is 14.4. The van der Waals surface area contributed by atoms with E-state index < -0.39 is 69.7 Å². The number of hydrogen-bond donors (Lipinski definition) is 6. The van der Waals surface area contributed by atoms with Crippen molar-refractivity contribution in [1.29, 1.82) is 0 Å². The molecule has 1 fully saturated rings. The normalized spacial score (nSPS) is 16.0. The minimum Gasteiger partial charge on any atom is -0.466 e. The monoisotopic (exact) mass is 846 g/mol. The van der Waals surface area contributed by atoms with Gasteiger partial charge in [-0.3, -0.25) is 23.5 Å². The molecule has 0 aliphatic carbocycles. The van der Waals surface area contributed by atoms with Gasteiger partial charge in [0, 0.05) is 37.9 Å². The van der Waals surface area contributed by atoms with E-state index in [9.17, 15) is 53.0 Å². The second kappa shape index (κ2) is 21.7. The highest BCUT2D eigenvalue weighted by atomic mass is 31.2. The van der Waals surface area contributed by atoms with Gasteiger partial charge in [-0.25, -0.2) is 4.79 Å². The number of carbonyl (C=O) groups excluding carboxylic acids is 4. The molecular weight excluding hydrogens is 796 g/mol. The molecule has 2 aromatic rings. The van der Waals surface area contributed by atoms with Crippen molar-refractivity contribution < 1.29 is 76.0 Å². The molecule has 3 rings (SSSR count). The highest BCUT2D eigenvalue weighted by molar-refractivity contribution is 7.72. The largest absolute Gasteiger partial charge is 0.466 e. The lowest BCUT2D eigenvalue weighted by Crippen LogP contribution is -2.43. The molecular formula is C37H50F2N2O14P2. The van der Waals surface area contributed by atoms with E-state index in [1.165, 1.54) is 54.6 Å². The molecule has 16 nitrogen and oxygen atoms in total. The predicted octanol–water partition coefficient (Wildman–Crippen LogP) is 5.25. The Kier molecular flexibility index (Phi) is 18.0. The standard InChI is InChI=1S/C37H50F2N2O14P2/c1-2-53-33(43)16-8-3-4-9-25-41-29(14-10-15-32(41)42)19-22-31(37(38,39)28-12-6-5-7-13-28)55-34(44)26-27-17-20-30(21-18-27)54-35(45)40-24-11-23-36(46,56(47,48)49)57(50,51)52/h5-7,12-13,17-22,29,31,46H,2-4,8-11,14-16,23-26H2,1H3,(H,40,45)(H2,47,48,49)(H2,50,51,52)/b22-19+/t29-,31-/m1/s1. The highest BCUT2D eigenvalue weighted by Crippen LogP contribution is 2.69. The third-order valence-corrected chi connectivity index (χ3v) is 13.0. The second-order valence-corrected chi connectivity index (χ2v) is 17.4. The van der Waals surface area contributed by atoms with Crippen LogP contribution in [-0.2, 0) is 45.3 Å². The Morgan fingerprint density at radius 3 is 2.23 bits per heavy atom. The predicted molar refractivity (Wildman–Crippen MR) is 201 cm³/mol. The number of nitrogens with one attached hydrogen (secondary N) is 1. The van der Waals surface area contributed by atoms with Crippen molar-refractivity contribution in [2.75, 3.05) is 19.7 Å². The average molecular weight is 847 g/mol. The van der Waals surface area contributed by atoms with E-state index in [2.05, 4.69) is 5.32 Å². The van der Waals surface area contributed by atoms with E-state index in [0.29, 0.717) is 57.2 Å². The summed E-state index contributed by atoms with van der Waals surface area (Å²) in [5.74, 6) is -5.02. The molecule has 2 aromatic carbocycles. The number of amides is 2. The van der Waals surface area contributed by atoms with Crippen LogP contribution in [0.3, 0.4) is 0 Å². The zero-order chi connectivity index (χ0) is 42.3. The van der Waals surface area contributed by atoms with E-state index in [1.54, 1.807) is 17.9 Å². The van der Waals surface area contributed by atoms with Crippen molar-refractivity contribution in [3.63, 3.8) is 0 Å². The Hall–Kier alpha value is -4.02. The molecule has 0 unspecified atom stereocenters. The van der Waals surface area contributed by atoms with Crippen molar-refractivity contribution >= 4 is 39.1 Å². The number of piperidine rings is 1. The molecule has 0 aromatic heterocycles. The zero-order valence-corrected chi connectivity index (χ0v) is 33.2. The fourth-order valence-corrected chi connectivity index (χ4v) is 8.27. The fourth-order valence-electron chi connectivity index (χ4n) is 6.01. The van der Waals surface area contributed by atoms with Crippen molar-refractivity contribution in [1.82, 2.24) is 10.2 Å². The summed E-state index contributed by atoms with van der Waals surface area (Å²) in [5.41, 5.74) is -0.0649. The van der Waals surface area contributed by atoms with Gasteiger partial charge in [-0.05, 0) is 62.8 Å². The summed E-state index contributed by atoms with van der Waals surface area (Å²) in [6.45, 7) is 2.07. The van der Waals surface area contributed by atoms with Gasteiger partial charge in [0.2, 0.25) is 5.91 Å². The van der Waals surface area contributed by atoms with Crippen LogP contribution in [0.15, 0.2) is 66.7 Å². The molecule has 1 heterocycles. The number of aliphatic hydroxyl groups is 1. The molecule has 57 heavy (non-hydrogen) atoms. The molecule has 316 valence electrons. The second-order valence-electron chi connectivity index (χ2n) is 13.4. The van der Waals surface area contributed by atoms with Crippen LogP contribution in [0.4, 0.5) is 13.6 Å². The molecule has 1 saturated heterocycles. The van der Waals surface area contributed by atoms with Crippen LogP contribution in [0.1, 0.15) is 82.3 Å². The topological polar surface area (TPSA) is 247 Å². The molecule has 2 atom stereocenters. The Balaban J connectivity index is 1.61. The highest BCUT2D eigenvalue weighted by Gasteiger charge is 2.58. The average Bonchev–Trinajstić information content (AvgIpc) is 3.14. The van der Waals surface area contributed by atoms with Gasteiger partial charge in [0.05, 0.1) is 19.1 Å². The maximum absolute atomic E-state index is 15.9. The van der Waals surface area contributed by atoms with E-state index in [0.717, 1.165) is 18.9 Å². The number of benzene rings is 2. The molecule has 1 aliphatic heterocycles. The molecule has 0 spiro atoms. The van der Waals surface area contributed by atoms with Gasteiger partial charge in [0.1, 0.15) is 5.75 Å². The molecule has 6 N–H and O–H groups in total. The first-order chi connectivity index (χ1) is 26.8. The van der Waals surface area contributed by atoms with Crippen LogP contribution in [-0.4, -0.2) is 90.4 Å². The molecule has 20 heteroatoms. The smallest absolute Gasteiger partial charge is 0.412 e. The number of unbranched alkanes of at least 4 members (excludes halogenated alkanes) is 3. The number of carbonyl (C=O) groups is 4. The minimum atomic E-state index is -5.65. The summed E-state index contributed by atoms with van der Waals surface area (Å²) in [7, 11) is -11.3. The first kappa shape index (κ1) is 47.4. The molecule has 0 saturated carbocycles. The van der Waals surface area contributed by atoms with Crippen molar-refractivity contribution in [2.24, 2.45) is 0 Å². The van der Waals surface area contributed by atoms with E-state index >= 15 is 8.78 Å². The Bertz CT molecular complexity index is 1750. The number of likely N-dealkylation sites (tertiary alicyclic amines) is 1. The van der Waals surface area contributed by atoms with Crippen LogP contribution < -0.4 is 10.1 Å². The lowest BCUT2D eigenvalue weighted by atomic mass is 9.97. The fraction of sp³-hybridized carbons (Fsp3) is 0.514. The van der Waals surface area contributed by atoms with Gasteiger partial charge < -0.3 is 49.1 Å². The van der Waals surface area contributed by atoms with Crippen LogP contribution in [0.2, 0.25) is 0 Å². The number of halogens is 2. The van der Waals surface area contributed by atoms with E-state index in [-0.39, 0.29) is 29.7 Å². The quantitative estimate of drug-likeness (QED) is 0.0384.